The molecule has 1 atom stereocenters. The zero-order chi connectivity index (χ0) is 10.7. The lowest BCUT2D eigenvalue weighted by atomic mass is 10.2. The van der Waals surface area contributed by atoms with E-state index in [4.69, 9.17) is 18.9 Å². The van der Waals surface area contributed by atoms with Gasteiger partial charge in [0.25, 0.3) is 0 Å². The molecule has 0 saturated heterocycles. The molecule has 0 amide bonds. The molecule has 0 bridgehead atoms. The molecule has 1 unspecified atom stereocenters. The fourth-order valence-corrected chi connectivity index (χ4v) is 1.46. The number of benzene rings is 1. The number of ether oxygens (including phenoxy) is 4. The number of fused-ring (bicyclic) bond motifs is 1. The van der Waals surface area contributed by atoms with Crippen molar-refractivity contribution in [3.05, 3.63) is 23.8 Å². The Morgan fingerprint density at radius 3 is 2.93 bits per heavy atom. The van der Waals surface area contributed by atoms with Crippen molar-refractivity contribution in [3.63, 3.8) is 0 Å². The summed E-state index contributed by atoms with van der Waals surface area (Å²) >= 11 is 0. The minimum Gasteiger partial charge on any atom is -0.497 e. The van der Waals surface area contributed by atoms with E-state index in [2.05, 4.69) is 0 Å². The van der Waals surface area contributed by atoms with Gasteiger partial charge in [0.2, 0.25) is 0 Å². The predicted octanol–water partition coefficient (Wildman–Crippen LogP) is 1.58. The van der Waals surface area contributed by atoms with Crippen LogP contribution in [0.4, 0.5) is 0 Å². The van der Waals surface area contributed by atoms with Gasteiger partial charge in [-0.3, -0.25) is 0 Å². The molecular weight excluding hydrogens is 196 g/mol. The van der Waals surface area contributed by atoms with Gasteiger partial charge in [-0.25, -0.2) is 0 Å². The summed E-state index contributed by atoms with van der Waals surface area (Å²) in [4.78, 5) is 0. The summed E-state index contributed by atoms with van der Waals surface area (Å²) in [6, 6.07) is 5.66. The Hall–Kier alpha value is -1.26. The standard InChI is InChI=1S/C11H14O4/c1-12-9-3-4-10-8(5-9)6-15-11(13-2)7-14-10/h3-5,11H,6-7H2,1-2H3. The molecule has 82 valence electrons. The molecule has 0 N–H and O–H groups in total. The van der Waals surface area contributed by atoms with Crippen LogP contribution in [0, 0.1) is 0 Å². The van der Waals surface area contributed by atoms with Crippen molar-refractivity contribution in [3.8, 4) is 11.5 Å². The van der Waals surface area contributed by atoms with E-state index >= 15 is 0 Å². The van der Waals surface area contributed by atoms with Crippen LogP contribution in [-0.2, 0) is 16.1 Å². The molecular formula is C11H14O4. The third kappa shape index (κ3) is 2.22. The van der Waals surface area contributed by atoms with Gasteiger partial charge in [0.1, 0.15) is 18.1 Å². The molecule has 0 fully saturated rings. The highest BCUT2D eigenvalue weighted by atomic mass is 16.7. The van der Waals surface area contributed by atoms with Crippen LogP contribution in [0.1, 0.15) is 5.56 Å². The first-order valence-corrected chi connectivity index (χ1v) is 4.77. The first-order chi connectivity index (χ1) is 7.33. The van der Waals surface area contributed by atoms with Gasteiger partial charge in [0, 0.05) is 12.7 Å². The first kappa shape index (κ1) is 10.3. The van der Waals surface area contributed by atoms with E-state index < -0.39 is 0 Å². The quantitative estimate of drug-likeness (QED) is 0.742. The average molecular weight is 210 g/mol. The maximum absolute atomic E-state index is 5.55. The second kappa shape index (κ2) is 4.51. The largest absolute Gasteiger partial charge is 0.497 e. The smallest absolute Gasteiger partial charge is 0.191 e. The molecule has 0 aliphatic carbocycles. The molecule has 1 heterocycles. The minimum atomic E-state index is -0.302. The maximum atomic E-state index is 5.55. The average Bonchev–Trinajstić information content (AvgIpc) is 2.50. The first-order valence-electron chi connectivity index (χ1n) is 4.77. The molecule has 0 saturated carbocycles. The monoisotopic (exact) mass is 210 g/mol. The predicted molar refractivity (Wildman–Crippen MR) is 54.1 cm³/mol. The third-order valence-electron chi connectivity index (χ3n) is 2.33. The lowest BCUT2D eigenvalue weighted by molar-refractivity contribution is -0.141. The van der Waals surface area contributed by atoms with Crippen molar-refractivity contribution in [2.45, 2.75) is 12.9 Å². The Morgan fingerprint density at radius 2 is 2.20 bits per heavy atom. The summed E-state index contributed by atoms with van der Waals surface area (Å²) in [7, 11) is 3.24. The molecule has 1 aromatic rings. The Morgan fingerprint density at radius 1 is 1.33 bits per heavy atom. The van der Waals surface area contributed by atoms with Gasteiger partial charge in [0.15, 0.2) is 6.29 Å². The van der Waals surface area contributed by atoms with Gasteiger partial charge >= 0.3 is 0 Å². The Balaban J connectivity index is 2.20. The maximum Gasteiger partial charge on any atom is 0.191 e. The molecule has 1 aromatic carbocycles. The second-order valence-corrected chi connectivity index (χ2v) is 3.26. The van der Waals surface area contributed by atoms with E-state index in [0.29, 0.717) is 13.2 Å². The lowest BCUT2D eigenvalue weighted by Crippen LogP contribution is -2.20. The molecule has 0 radical (unpaired) electrons. The topological polar surface area (TPSA) is 36.9 Å². The van der Waals surface area contributed by atoms with Crippen molar-refractivity contribution < 1.29 is 18.9 Å². The SMILES string of the molecule is COc1ccc2c(c1)COC(OC)CO2. The zero-order valence-electron chi connectivity index (χ0n) is 8.86. The minimum absolute atomic E-state index is 0.302. The van der Waals surface area contributed by atoms with E-state index in [9.17, 15) is 0 Å². The van der Waals surface area contributed by atoms with E-state index in [0.717, 1.165) is 17.1 Å². The number of hydrogen-bond donors (Lipinski definition) is 0. The summed E-state index contributed by atoms with van der Waals surface area (Å²) in [6.45, 7) is 0.890. The molecule has 4 nitrogen and oxygen atoms in total. The highest BCUT2D eigenvalue weighted by Crippen LogP contribution is 2.27. The van der Waals surface area contributed by atoms with Crippen molar-refractivity contribution in [2.75, 3.05) is 20.8 Å². The zero-order valence-corrected chi connectivity index (χ0v) is 8.86. The molecule has 0 aromatic heterocycles. The van der Waals surface area contributed by atoms with Crippen molar-refractivity contribution in [2.24, 2.45) is 0 Å². The van der Waals surface area contributed by atoms with Crippen LogP contribution in [0.25, 0.3) is 0 Å². The lowest BCUT2D eigenvalue weighted by Gasteiger charge is -2.11. The van der Waals surface area contributed by atoms with Gasteiger partial charge in [0.05, 0.1) is 13.7 Å². The molecule has 0 spiro atoms. The van der Waals surface area contributed by atoms with E-state index in [1.165, 1.54) is 0 Å². The van der Waals surface area contributed by atoms with Crippen LogP contribution in [0.3, 0.4) is 0 Å². The van der Waals surface area contributed by atoms with Crippen LogP contribution >= 0.6 is 0 Å². The van der Waals surface area contributed by atoms with Crippen LogP contribution in [-0.4, -0.2) is 27.1 Å². The number of hydrogen-bond acceptors (Lipinski definition) is 4. The van der Waals surface area contributed by atoms with Gasteiger partial charge < -0.3 is 18.9 Å². The normalized spacial score (nSPS) is 20.0. The Labute approximate surface area is 88.7 Å². The highest BCUT2D eigenvalue weighted by Gasteiger charge is 2.17. The van der Waals surface area contributed by atoms with E-state index in [-0.39, 0.29) is 6.29 Å². The summed E-state index contributed by atoms with van der Waals surface area (Å²) in [6.07, 6.45) is -0.302. The number of rotatable bonds is 2. The van der Waals surface area contributed by atoms with Crippen LogP contribution in [0.5, 0.6) is 11.5 Å². The van der Waals surface area contributed by atoms with Crippen molar-refractivity contribution in [1.82, 2.24) is 0 Å². The Kier molecular flexibility index (Phi) is 3.08. The van der Waals surface area contributed by atoms with Gasteiger partial charge in [-0.2, -0.15) is 0 Å². The summed E-state index contributed by atoms with van der Waals surface area (Å²) in [5, 5.41) is 0. The van der Waals surface area contributed by atoms with Crippen LogP contribution in [0.15, 0.2) is 18.2 Å². The van der Waals surface area contributed by atoms with Gasteiger partial charge in [-0.05, 0) is 18.2 Å². The molecule has 1 aliphatic rings. The van der Waals surface area contributed by atoms with Crippen LogP contribution in [0.2, 0.25) is 0 Å². The van der Waals surface area contributed by atoms with E-state index in [1.54, 1.807) is 14.2 Å². The van der Waals surface area contributed by atoms with Crippen molar-refractivity contribution in [1.29, 1.82) is 0 Å². The number of methoxy groups -OCH3 is 2. The van der Waals surface area contributed by atoms with Gasteiger partial charge in [-0.15, -0.1) is 0 Å². The second-order valence-electron chi connectivity index (χ2n) is 3.26. The summed E-state index contributed by atoms with van der Waals surface area (Å²) in [5.74, 6) is 1.63. The third-order valence-corrected chi connectivity index (χ3v) is 2.33. The summed E-state index contributed by atoms with van der Waals surface area (Å²) < 4.78 is 21.2. The van der Waals surface area contributed by atoms with E-state index in [1.807, 2.05) is 18.2 Å². The molecule has 4 heteroatoms. The Bertz CT molecular complexity index is 337. The summed E-state index contributed by atoms with van der Waals surface area (Å²) in [5.41, 5.74) is 0.980. The fraction of sp³-hybridized carbons (Fsp3) is 0.455. The molecule has 15 heavy (non-hydrogen) atoms. The van der Waals surface area contributed by atoms with Crippen molar-refractivity contribution >= 4 is 0 Å². The van der Waals surface area contributed by atoms with Gasteiger partial charge in [-0.1, -0.05) is 0 Å². The molecule has 1 aliphatic heterocycles. The van der Waals surface area contributed by atoms with Crippen LogP contribution < -0.4 is 9.47 Å². The fourth-order valence-electron chi connectivity index (χ4n) is 1.46. The highest BCUT2D eigenvalue weighted by molar-refractivity contribution is 5.40. The molecule has 2 rings (SSSR count).